The number of benzene rings is 10. The molecule has 2 aliphatic rings. The molecule has 2 aliphatic carbocycles. The van der Waals surface area contributed by atoms with E-state index in [-0.39, 0.29) is 0 Å². The molecule has 8 nitrogen and oxygen atoms in total. The molecule has 8 heterocycles. The molecule has 0 atom stereocenters. The Morgan fingerprint density at radius 3 is 1.32 bits per heavy atom. The van der Waals surface area contributed by atoms with Gasteiger partial charge in [0.2, 0.25) is 22.8 Å². The Kier molecular flexibility index (Phi) is 21.2. The van der Waals surface area contributed by atoms with Crippen molar-refractivity contribution in [3.05, 3.63) is 340 Å². The van der Waals surface area contributed by atoms with Crippen LogP contribution < -0.4 is 18.3 Å². The molecular formula is C111H109N7OS+4. The summed E-state index contributed by atoms with van der Waals surface area (Å²) in [6.45, 7) is 17.0. The van der Waals surface area contributed by atoms with E-state index in [0.29, 0.717) is 16.8 Å². The summed E-state index contributed by atoms with van der Waals surface area (Å²) in [5.41, 5.74) is 33.9. The highest BCUT2D eigenvalue weighted by Gasteiger charge is 2.28. The largest absolute Gasteiger partial charge is 0.455 e. The van der Waals surface area contributed by atoms with Gasteiger partial charge in [-0.05, 0) is 206 Å². The SMILES string of the molecule is Cc1ccc2nc(-c3cc(-c4ccccc4C)[n+](C)cc3C)ncc2c1.[2H]C([2H])([2H])c1c[n+](C)c(-c2ccccc2C)cc1-c1ccc2cc(C)ccc2n1.[2H]C1(c2cccc3c2oc2c(-c4c[n+](C)c(-c5ccccc5C)cc4C)cccc23)CCCCC1.[2H]C1(c2cccc3c2sc2c(-c4c[n+](C)c(-c5ccccc5C)cc4C)cccc23)CCCCC1. The standard InChI is InChI=1S/C32H32NO.C32H32NS.C24H23N2.C23H22N3/c2*1-21-11-7-8-14-24(21)30-19-22(2)29(20-33(30)3)28-18-10-17-27-26-16-9-15-25(31(26)34-32(27)28)23-12-5-4-6-13-23;1-16-9-11-22-19(13-16)10-12-23(25-22)21-14-24(26(4)15-18(21)3)20-8-6-5-7-17(20)2;1-15-9-10-21-18(11-15)13-24-23(25-21)20-12-22(26(4)14-17(20)3)19-8-6-5-7-16(19)2/h2*7-11,14-20,23H,4-6,12-13H2,1-3H3;5-15H,1-4H3;5-14H,1-4H3/q4*+1/i2*23D;3D3;. The van der Waals surface area contributed by atoms with Crippen LogP contribution in [0.3, 0.4) is 0 Å². The maximum absolute atomic E-state index is 9.32. The number of aromatic nitrogens is 7. The van der Waals surface area contributed by atoms with Gasteiger partial charge in [-0.3, -0.25) is 0 Å². The van der Waals surface area contributed by atoms with E-state index in [0.717, 1.165) is 133 Å². The fourth-order valence-corrected chi connectivity index (χ4v) is 19.6. The van der Waals surface area contributed by atoms with E-state index in [1.54, 1.807) is 6.20 Å². The Bertz CT molecular complexity index is 6970. The molecule has 0 bridgehead atoms. The van der Waals surface area contributed by atoms with Crippen molar-refractivity contribution in [1.29, 1.82) is 0 Å². The average Bonchev–Trinajstić information content (AvgIpc) is 1.58. The topological polar surface area (TPSA) is 67.3 Å². The predicted octanol–water partition coefficient (Wildman–Crippen LogP) is 27.3. The molecule has 20 rings (SSSR count). The van der Waals surface area contributed by atoms with Gasteiger partial charge in [-0.1, -0.05) is 213 Å². The highest BCUT2D eigenvalue weighted by Crippen LogP contribution is 2.47. The van der Waals surface area contributed by atoms with Crippen molar-refractivity contribution in [2.24, 2.45) is 28.2 Å². The summed E-state index contributed by atoms with van der Waals surface area (Å²) < 4.78 is 60.6. The lowest BCUT2D eigenvalue weighted by molar-refractivity contribution is -0.660. The van der Waals surface area contributed by atoms with Crippen LogP contribution in [0.5, 0.6) is 0 Å². The smallest absolute Gasteiger partial charge is 0.213 e. The molecule has 8 aromatic heterocycles. The zero-order valence-electron chi connectivity index (χ0n) is 76.5. The second-order valence-corrected chi connectivity index (χ2v) is 34.4. The fourth-order valence-electron chi connectivity index (χ4n) is 18.3. The third-order valence-electron chi connectivity index (χ3n) is 24.8. The number of rotatable bonds is 10. The van der Waals surface area contributed by atoms with Crippen molar-refractivity contribution in [2.75, 3.05) is 0 Å². The van der Waals surface area contributed by atoms with Crippen LogP contribution in [0.15, 0.2) is 278 Å². The number of furan rings is 1. The molecule has 9 heteroatoms. The van der Waals surface area contributed by atoms with E-state index in [4.69, 9.17) is 18.5 Å². The number of hydrogen-bond acceptors (Lipinski definition) is 5. The number of nitrogens with zero attached hydrogens (tertiary/aromatic N) is 7. The van der Waals surface area contributed by atoms with Gasteiger partial charge in [0.1, 0.15) is 39.4 Å². The molecule has 10 aromatic carbocycles. The molecular weight excluding hydrogens is 1480 g/mol. The average molecular weight is 1590 g/mol. The van der Waals surface area contributed by atoms with Gasteiger partial charge >= 0.3 is 0 Å². The van der Waals surface area contributed by atoms with Crippen LogP contribution >= 0.6 is 11.3 Å². The van der Waals surface area contributed by atoms with E-state index >= 15 is 0 Å². The summed E-state index contributed by atoms with van der Waals surface area (Å²) in [6.07, 6.45) is 21.1. The molecule has 18 aromatic rings. The number of fused-ring (bicyclic) bond motifs is 8. The zero-order chi connectivity index (χ0) is 87.3. The first-order valence-electron chi connectivity index (χ1n) is 45.0. The Morgan fingerprint density at radius 2 is 0.767 bits per heavy atom. The second-order valence-electron chi connectivity index (χ2n) is 33.4. The summed E-state index contributed by atoms with van der Waals surface area (Å²) >= 11 is 1.89. The molecule has 2 saturated carbocycles. The summed E-state index contributed by atoms with van der Waals surface area (Å²) in [6, 6.07) is 85.0. The molecule has 2 fully saturated rings. The molecule has 0 unspecified atom stereocenters. The highest BCUT2D eigenvalue weighted by molar-refractivity contribution is 7.26. The summed E-state index contributed by atoms with van der Waals surface area (Å²) in [5.74, 6) is -0.228. The van der Waals surface area contributed by atoms with Gasteiger partial charge in [0, 0.05) is 135 Å². The van der Waals surface area contributed by atoms with Crippen molar-refractivity contribution in [2.45, 2.75) is 145 Å². The molecule has 0 aliphatic heterocycles. The van der Waals surface area contributed by atoms with Crippen LogP contribution in [0, 0.1) is 69.2 Å². The van der Waals surface area contributed by atoms with Gasteiger partial charge in [-0.2, -0.15) is 0 Å². The lowest BCUT2D eigenvalue weighted by Crippen LogP contribution is -2.31. The Morgan fingerprint density at radius 1 is 0.333 bits per heavy atom. The molecule has 596 valence electrons. The minimum absolute atomic E-state index is 0.302. The molecule has 120 heavy (non-hydrogen) atoms. The van der Waals surface area contributed by atoms with Crippen LogP contribution in [0.2, 0.25) is 0 Å². The van der Waals surface area contributed by atoms with E-state index < -0.39 is 18.6 Å². The Hall–Kier alpha value is -12.4. The number of thiophene rings is 1. The van der Waals surface area contributed by atoms with Crippen LogP contribution in [-0.4, -0.2) is 15.0 Å². The molecule has 0 radical (unpaired) electrons. The highest BCUT2D eigenvalue weighted by atomic mass is 32.1. The Balaban J connectivity index is 0.000000119. The van der Waals surface area contributed by atoms with Gasteiger partial charge in [0.25, 0.3) is 0 Å². The number of pyridine rings is 5. The first-order chi connectivity index (χ1) is 60.2. The normalized spacial score (nSPS) is 14.4. The van der Waals surface area contributed by atoms with Gasteiger partial charge in [-0.15, -0.1) is 11.3 Å². The third-order valence-corrected chi connectivity index (χ3v) is 26.1. The molecule has 0 N–H and O–H groups in total. The van der Waals surface area contributed by atoms with Gasteiger partial charge in [0.15, 0.2) is 30.6 Å². The number of hydrogen-bond donors (Lipinski definition) is 0. The minimum atomic E-state index is -2.23. The first kappa shape index (κ1) is 73.9. The van der Waals surface area contributed by atoms with E-state index in [9.17, 15) is 2.74 Å². The monoisotopic (exact) mass is 1590 g/mol. The molecule has 0 saturated heterocycles. The van der Waals surface area contributed by atoms with Crippen molar-refractivity contribution in [3.63, 3.8) is 0 Å². The fraction of sp³-hybridized carbons (Fsp3) is 0.234. The second kappa shape index (κ2) is 34.5. The zero-order valence-corrected chi connectivity index (χ0v) is 72.3. The van der Waals surface area contributed by atoms with E-state index in [2.05, 4.69) is 314 Å². The first-order valence-corrected chi connectivity index (χ1v) is 43.3. The van der Waals surface area contributed by atoms with Crippen molar-refractivity contribution >= 4 is 75.3 Å². The van der Waals surface area contributed by atoms with Crippen molar-refractivity contribution in [3.8, 4) is 89.9 Å². The third kappa shape index (κ3) is 16.1. The van der Waals surface area contributed by atoms with Crippen molar-refractivity contribution < 1.29 is 29.5 Å². The number of para-hydroxylation sites is 2. The molecule has 0 amide bonds. The quantitative estimate of drug-likeness (QED) is 0.128. The Labute approximate surface area is 718 Å². The summed E-state index contributed by atoms with van der Waals surface area (Å²) in [7, 11) is 8.25. The minimum Gasteiger partial charge on any atom is -0.455 e. The lowest BCUT2D eigenvalue weighted by atomic mass is 9.83. The van der Waals surface area contributed by atoms with E-state index in [1.807, 2.05) is 78.5 Å². The van der Waals surface area contributed by atoms with Crippen LogP contribution in [-0.2, 0) is 28.2 Å². The van der Waals surface area contributed by atoms with Gasteiger partial charge < -0.3 is 4.42 Å². The van der Waals surface area contributed by atoms with Gasteiger partial charge in [0.05, 0.1) is 27.9 Å². The van der Waals surface area contributed by atoms with Gasteiger partial charge in [-0.25, -0.2) is 33.2 Å². The lowest BCUT2D eigenvalue weighted by Gasteiger charge is -2.22. The molecule has 0 spiro atoms. The maximum Gasteiger partial charge on any atom is 0.213 e. The summed E-state index contributed by atoms with van der Waals surface area (Å²) in [4.78, 5) is 14.2. The van der Waals surface area contributed by atoms with Crippen LogP contribution in [0.25, 0.3) is 154 Å². The predicted molar refractivity (Wildman–Crippen MR) is 502 cm³/mol. The van der Waals surface area contributed by atoms with Crippen molar-refractivity contribution in [1.82, 2.24) is 15.0 Å². The summed E-state index contributed by atoms with van der Waals surface area (Å²) in [5, 5.41) is 6.99. The van der Waals surface area contributed by atoms with E-state index in [1.165, 1.54) is 135 Å². The van der Waals surface area contributed by atoms with Crippen LogP contribution in [0.1, 0.15) is 150 Å². The number of aryl methyl sites for hydroxylation is 14. The van der Waals surface area contributed by atoms with Crippen LogP contribution in [0.4, 0.5) is 0 Å². The maximum atomic E-state index is 9.32.